The summed E-state index contributed by atoms with van der Waals surface area (Å²) < 4.78 is 1.96. The molecule has 4 heterocycles. The lowest BCUT2D eigenvalue weighted by Gasteiger charge is -2.31. The number of aromatic nitrogens is 4. The Balaban J connectivity index is 1.40. The van der Waals surface area contributed by atoms with E-state index in [1.807, 2.05) is 29.6 Å². The predicted octanol–water partition coefficient (Wildman–Crippen LogP) is 2.64. The summed E-state index contributed by atoms with van der Waals surface area (Å²) in [5.74, 6) is 1.59. The second-order valence-corrected chi connectivity index (χ2v) is 8.79. The number of rotatable bonds is 4. The second-order valence-electron chi connectivity index (χ2n) is 8.79. The Kier molecular flexibility index (Phi) is 5.67. The number of likely N-dealkylation sites (tertiary alicyclic amines) is 1. The molecule has 1 amide bonds. The molecule has 7 heteroatoms. The summed E-state index contributed by atoms with van der Waals surface area (Å²) in [6, 6.07) is 2.11. The molecule has 0 spiro atoms. The molecule has 1 saturated heterocycles. The number of carbonyl (C=O) groups excluding carboxylic acids is 1. The molecule has 2 aromatic heterocycles. The molecule has 156 valence electrons. The Labute approximate surface area is 173 Å². The number of likely N-dealkylation sites (N-methyl/N-ethyl adjacent to an activating group) is 1. The van der Waals surface area contributed by atoms with Crippen LogP contribution in [0.4, 0.5) is 0 Å². The summed E-state index contributed by atoms with van der Waals surface area (Å²) in [5.41, 5.74) is 4.31. The van der Waals surface area contributed by atoms with Crippen LogP contribution in [0.25, 0.3) is 0 Å². The fourth-order valence-electron chi connectivity index (χ4n) is 4.68. The first-order chi connectivity index (χ1) is 13.9. The van der Waals surface area contributed by atoms with E-state index in [4.69, 9.17) is 4.98 Å². The minimum Gasteiger partial charge on any atom is -0.338 e. The molecule has 2 aliphatic heterocycles. The molecular weight excluding hydrogens is 364 g/mol. The lowest BCUT2D eigenvalue weighted by Crippen LogP contribution is -2.38. The minimum atomic E-state index is 0.0551. The van der Waals surface area contributed by atoms with E-state index in [1.54, 1.807) is 0 Å². The Morgan fingerprint density at radius 3 is 2.86 bits per heavy atom. The zero-order valence-corrected chi connectivity index (χ0v) is 18.1. The van der Waals surface area contributed by atoms with Crippen LogP contribution in [0.1, 0.15) is 66.6 Å². The van der Waals surface area contributed by atoms with Crippen molar-refractivity contribution >= 4 is 5.91 Å². The van der Waals surface area contributed by atoms with E-state index in [0.29, 0.717) is 18.9 Å². The molecule has 0 aliphatic carbocycles. The molecule has 2 aromatic rings. The summed E-state index contributed by atoms with van der Waals surface area (Å²) in [7, 11) is 2.17. The molecule has 0 radical (unpaired) electrons. The normalized spacial score (nSPS) is 21.1. The predicted molar refractivity (Wildman–Crippen MR) is 112 cm³/mol. The van der Waals surface area contributed by atoms with E-state index in [1.165, 1.54) is 6.42 Å². The number of hydrogen-bond acceptors (Lipinski definition) is 5. The summed E-state index contributed by atoms with van der Waals surface area (Å²) in [6.45, 7) is 9.63. The van der Waals surface area contributed by atoms with Gasteiger partial charge in [-0.2, -0.15) is 5.10 Å². The first kappa shape index (κ1) is 20.0. The van der Waals surface area contributed by atoms with Crippen molar-refractivity contribution in [3.63, 3.8) is 0 Å². The van der Waals surface area contributed by atoms with Gasteiger partial charge in [-0.25, -0.2) is 9.97 Å². The third-order valence-electron chi connectivity index (χ3n) is 6.23. The number of hydrogen-bond donors (Lipinski definition) is 0. The Morgan fingerprint density at radius 2 is 2.14 bits per heavy atom. The van der Waals surface area contributed by atoms with E-state index in [-0.39, 0.29) is 11.9 Å². The number of piperidine rings is 1. The van der Waals surface area contributed by atoms with Gasteiger partial charge in [0.25, 0.3) is 0 Å². The number of aryl methyl sites for hydroxylation is 2. The fourth-order valence-corrected chi connectivity index (χ4v) is 4.68. The highest BCUT2D eigenvalue weighted by Gasteiger charge is 2.27. The molecule has 2 atom stereocenters. The molecular formula is C22H32N6O. The number of carbonyl (C=O) groups is 1. The molecule has 29 heavy (non-hydrogen) atoms. The molecule has 0 aromatic carbocycles. The van der Waals surface area contributed by atoms with Crippen LogP contribution in [0, 0.1) is 13.8 Å². The maximum Gasteiger partial charge on any atom is 0.225 e. The summed E-state index contributed by atoms with van der Waals surface area (Å²) in [4.78, 5) is 26.8. The standard InChI is InChI=1S/C22H32N6O/c1-15-10-16(2)28(25-15)17(3)11-21(29)27-9-7-20-19(14-27)12-23-22(24-20)18-6-5-8-26(4)13-18/h10,12,17-18H,5-9,11,13-14H2,1-4H3/t17-,18-/m1/s1. The topological polar surface area (TPSA) is 67.2 Å². The zero-order valence-electron chi connectivity index (χ0n) is 18.1. The number of nitrogens with zero attached hydrogens (tertiary/aromatic N) is 6. The third kappa shape index (κ3) is 4.34. The van der Waals surface area contributed by atoms with Gasteiger partial charge < -0.3 is 9.80 Å². The zero-order chi connectivity index (χ0) is 20.5. The maximum atomic E-state index is 12.9. The van der Waals surface area contributed by atoms with E-state index in [2.05, 4.69) is 35.0 Å². The first-order valence-corrected chi connectivity index (χ1v) is 10.7. The fraction of sp³-hybridized carbons (Fsp3) is 0.636. The Bertz CT molecular complexity index is 891. The van der Waals surface area contributed by atoms with Crippen LogP contribution in [0.15, 0.2) is 12.3 Å². The molecule has 0 unspecified atom stereocenters. The van der Waals surface area contributed by atoms with Gasteiger partial charge in [0.15, 0.2) is 0 Å². The highest BCUT2D eigenvalue weighted by atomic mass is 16.2. The van der Waals surface area contributed by atoms with Gasteiger partial charge in [0.05, 0.1) is 17.4 Å². The van der Waals surface area contributed by atoms with Gasteiger partial charge >= 0.3 is 0 Å². The number of amides is 1. The van der Waals surface area contributed by atoms with E-state index < -0.39 is 0 Å². The average Bonchev–Trinajstić information content (AvgIpc) is 3.05. The van der Waals surface area contributed by atoms with Crippen molar-refractivity contribution in [2.24, 2.45) is 0 Å². The van der Waals surface area contributed by atoms with E-state index in [0.717, 1.165) is 60.9 Å². The minimum absolute atomic E-state index is 0.0551. The van der Waals surface area contributed by atoms with Crippen LogP contribution in [-0.2, 0) is 17.8 Å². The summed E-state index contributed by atoms with van der Waals surface area (Å²) in [5, 5.41) is 4.53. The van der Waals surface area contributed by atoms with Crippen LogP contribution in [-0.4, -0.2) is 62.1 Å². The summed E-state index contributed by atoms with van der Waals surface area (Å²) in [6.07, 6.45) is 5.60. The molecule has 4 rings (SSSR count). The molecule has 0 bridgehead atoms. The van der Waals surface area contributed by atoms with Crippen LogP contribution in [0.5, 0.6) is 0 Å². The second kappa shape index (κ2) is 8.22. The van der Waals surface area contributed by atoms with E-state index in [9.17, 15) is 4.79 Å². The lowest BCUT2D eigenvalue weighted by molar-refractivity contribution is -0.133. The SMILES string of the molecule is Cc1cc(C)n([C@H](C)CC(=O)N2CCc3nc([C@@H]4CCCN(C)C4)ncc3C2)n1. The van der Waals surface area contributed by atoms with Crippen molar-refractivity contribution in [3.05, 3.63) is 40.7 Å². The van der Waals surface area contributed by atoms with Crippen LogP contribution >= 0.6 is 0 Å². The smallest absolute Gasteiger partial charge is 0.225 e. The quantitative estimate of drug-likeness (QED) is 0.795. The van der Waals surface area contributed by atoms with Crippen LogP contribution in [0.2, 0.25) is 0 Å². The highest BCUT2D eigenvalue weighted by Crippen LogP contribution is 2.26. The van der Waals surface area contributed by atoms with Gasteiger partial charge in [-0.3, -0.25) is 9.48 Å². The van der Waals surface area contributed by atoms with Crippen molar-refractivity contribution in [3.8, 4) is 0 Å². The monoisotopic (exact) mass is 396 g/mol. The van der Waals surface area contributed by atoms with Gasteiger partial charge in [0.1, 0.15) is 5.82 Å². The molecule has 7 nitrogen and oxygen atoms in total. The molecule has 0 N–H and O–H groups in total. The third-order valence-corrected chi connectivity index (χ3v) is 6.23. The van der Waals surface area contributed by atoms with Gasteiger partial charge in [-0.15, -0.1) is 0 Å². The van der Waals surface area contributed by atoms with Gasteiger partial charge in [-0.05, 0) is 53.3 Å². The van der Waals surface area contributed by atoms with E-state index >= 15 is 0 Å². The van der Waals surface area contributed by atoms with Crippen LogP contribution < -0.4 is 0 Å². The number of fused-ring (bicyclic) bond motifs is 1. The Morgan fingerprint density at radius 1 is 1.31 bits per heavy atom. The first-order valence-electron chi connectivity index (χ1n) is 10.7. The van der Waals surface area contributed by atoms with Crippen molar-refractivity contribution in [2.45, 2.75) is 65.0 Å². The van der Waals surface area contributed by atoms with Crippen molar-refractivity contribution in [1.82, 2.24) is 29.5 Å². The van der Waals surface area contributed by atoms with Gasteiger partial charge in [0, 0.05) is 55.8 Å². The lowest BCUT2D eigenvalue weighted by atomic mass is 9.97. The molecule has 0 saturated carbocycles. The largest absolute Gasteiger partial charge is 0.338 e. The molecule has 1 fully saturated rings. The van der Waals surface area contributed by atoms with Crippen molar-refractivity contribution in [2.75, 3.05) is 26.7 Å². The van der Waals surface area contributed by atoms with Crippen molar-refractivity contribution in [1.29, 1.82) is 0 Å². The van der Waals surface area contributed by atoms with Crippen molar-refractivity contribution < 1.29 is 4.79 Å². The maximum absolute atomic E-state index is 12.9. The highest BCUT2D eigenvalue weighted by molar-refractivity contribution is 5.76. The molecule has 2 aliphatic rings. The van der Waals surface area contributed by atoms with Gasteiger partial charge in [0.2, 0.25) is 5.91 Å². The average molecular weight is 397 g/mol. The summed E-state index contributed by atoms with van der Waals surface area (Å²) >= 11 is 0. The Hall–Kier alpha value is -2.28. The van der Waals surface area contributed by atoms with Crippen LogP contribution in [0.3, 0.4) is 0 Å². The van der Waals surface area contributed by atoms with Gasteiger partial charge in [-0.1, -0.05) is 0 Å².